The number of amides is 1. The van der Waals surface area contributed by atoms with Crippen LogP contribution in [0, 0.1) is 5.92 Å². The Hall–Kier alpha value is -1.55. The van der Waals surface area contributed by atoms with Gasteiger partial charge in [-0.15, -0.1) is 0 Å². The van der Waals surface area contributed by atoms with E-state index in [-0.39, 0.29) is 11.9 Å². The summed E-state index contributed by atoms with van der Waals surface area (Å²) in [5.41, 5.74) is 2.15. The first kappa shape index (κ1) is 18.2. The first-order valence-electron chi connectivity index (χ1n) is 10.1. The first-order chi connectivity index (χ1) is 12.1. The van der Waals surface area contributed by atoms with Crippen molar-refractivity contribution in [2.45, 2.75) is 70.9 Å². The summed E-state index contributed by atoms with van der Waals surface area (Å²) in [5, 5.41) is 6.59. The Morgan fingerprint density at radius 2 is 1.72 bits per heavy atom. The Morgan fingerprint density at radius 3 is 2.40 bits per heavy atom. The Kier molecular flexibility index (Phi) is 6.35. The molecule has 1 aliphatic carbocycles. The fraction of sp³-hybridized carbons (Fsp3) is 0.667. The largest absolute Gasteiger partial charge is 0.372 e. The van der Waals surface area contributed by atoms with E-state index < -0.39 is 0 Å². The van der Waals surface area contributed by atoms with E-state index in [1.54, 1.807) is 0 Å². The van der Waals surface area contributed by atoms with E-state index in [2.05, 4.69) is 34.6 Å². The molecule has 25 heavy (non-hydrogen) atoms. The van der Waals surface area contributed by atoms with Crippen molar-refractivity contribution in [3.8, 4) is 0 Å². The van der Waals surface area contributed by atoms with Crippen LogP contribution >= 0.6 is 0 Å². The van der Waals surface area contributed by atoms with E-state index in [1.807, 2.05) is 19.1 Å². The lowest BCUT2D eigenvalue weighted by atomic mass is 9.85. The van der Waals surface area contributed by atoms with Crippen LogP contribution < -0.4 is 15.5 Å². The number of nitrogens with one attached hydrogen (secondary N) is 2. The first-order valence-corrected chi connectivity index (χ1v) is 10.1. The number of nitrogens with zero attached hydrogens (tertiary/aromatic N) is 1. The molecular formula is C21H33N3O. The van der Waals surface area contributed by atoms with Gasteiger partial charge in [-0.25, -0.2) is 0 Å². The molecule has 3 rings (SSSR count). The predicted molar refractivity (Wildman–Crippen MR) is 105 cm³/mol. The van der Waals surface area contributed by atoms with Crippen LogP contribution in [0.25, 0.3) is 0 Å². The Labute approximate surface area is 152 Å². The number of carbonyl (C=O) groups is 1. The molecule has 2 N–H and O–H groups in total. The molecule has 1 saturated carbocycles. The highest BCUT2D eigenvalue weighted by Gasteiger charge is 2.24. The van der Waals surface area contributed by atoms with Crippen LogP contribution in [-0.4, -0.2) is 31.1 Å². The van der Waals surface area contributed by atoms with Crippen LogP contribution in [0.15, 0.2) is 24.3 Å². The number of carbonyl (C=O) groups excluding carboxylic acids is 1. The van der Waals surface area contributed by atoms with Crippen molar-refractivity contribution >= 4 is 17.3 Å². The summed E-state index contributed by atoms with van der Waals surface area (Å²) in [6.07, 6.45) is 8.95. The van der Waals surface area contributed by atoms with Crippen LogP contribution in [0.2, 0.25) is 0 Å². The van der Waals surface area contributed by atoms with Crippen LogP contribution in [0.5, 0.6) is 0 Å². The fourth-order valence-electron chi connectivity index (χ4n) is 4.12. The number of rotatable bonds is 5. The van der Waals surface area contributed by atoms with E-state index in [0.29, 0.717) is 12.0 Å². The van der Waals surface area contributed by atoms with Crippen LogP contribution in [0.4, 0.5) is 11.4 Å². The van der Waals surface area contributed by atoms with Gasteiger partial charge < -0.3 is 15.5 Å². The summed E-state index contributed by atoms with van der Waals surface area (Å²) in [5.74, 6) is 0.719. The highest BCUT2D eigenvalue weighted by Crippen LogP contribution is 2.24. The molecule has 4 heteroatoms. The number of hydrogen-bond acceptors (Lipinski definition) is 3. The summed E-state index contributed by atoms with van der Waals surface area (Å²) in [6.45, 7) is 6.55. The topological polar surface area (TPSA) is 44.4 Å². The number of piperidine rings is 1. The van der Waals surface area contributed by atoms with Crippen LogP contribution in [-0.2, 0) is 4.79 Å². The highest BCUT2D eigenvalue weighted by atomic mass is 16.2. The zero-order chi connectivity index (χ0) is 17.6. The van der Waals surface area contributed by atoms with E-state index >= 15 is 0 Å². The van der Waals surface area contributed by atoms with Crippen molar-refractivity contribution in [2.24, 2.45) is 5.92 Å². The van der Waals surface area contributed by atoms with E-state index in [0.717, 1.165) is 18.8 Å². The van der Waals surface area contributed by atoms with E-state index in [1.165, 1.54) is 50.6 Å². The van der Waals surface area contributed by atoms with E-state index in [9.17, 15) is 4.79 Å². The summed E-state index contributed by atoms with van der Waals surface area (Å²) in [4.78, 5) is 14.9. The molecule has 2 fully saturated rings. The Morgan fingerprint density at radius 1 is 1.04 bits per heavy atom. The van der Waals surface area contributed by atoms with Crippen molar-refractivity contribution in [3.05, 3.63) is 24.3 Å². The molecule has 1 aromatic carbocycles. The van der Waals surface area contributed by atoms with Crippen LogP contribution in [0.1, 0.15) is 58.8 Å². The molecule has 0 bridgehead atoms. The van der Waals surface area contributed by atoms with Crippen molar-refractivity contribution in [3.63, 3.8) is 0 Å². The second kappa shape index (κ2) is 8.70. The summed E-state index contributed by atoms with van der Waals surface area (Å²) in [7, 11) is 0. The molecule has 1 heterocycles. The molecular weight excluding hydrogens is 310 g/mol. The molecule has 2 aliphatic rings. The van der Waals surface area contributed by atoms with E-state index in [4.69, 9.17) is 0 Å². The third kappa shape index (κ3) is 4.97. The second-order valence-electron chi connectivity index (χ2n) is 7.84. The van der Waals surface area contributed by atoms with Gasteiger partial charge in [0.2, 0.25) is 5.91 Å². The molecule has 1 aliphatic heterocycles. The smallest absolute Gasteiger partial charge is 0.241 e. The molecule has 138 valence electrons. The minimum Gasteiger partial charge on any atom is -0.372 e. The highest BCUT2D eigenvalue weighted by molar-refractivity contribution is 5.94. The molecule has 0 radical (unpaired) electrons. The predicted octanol–water partition coefficient (Wildman–Crippen LogP) is 4.17. The molecule has 0 aromatic heterocycles. The minimum atomic E-state index is -0.160. The lowest BCUT2D eigenvalue weighted by Crippen LogP contribution is -2.47. The standard InChI is InChI=1S/C21H33N3O/c1-16-8-4-5-9-20(16)22-17(2)21(25)23-18-10-12-19(13-11-18)24-14-6-3-7-15-24/h10-13,16-17,20,22H,3-9,14-15H2,1-2H3,(H,23,25)/t16-,17+,20-/m1/s1. The average molecular weight is 344 g/mol. The van der Waals surface area contributed by atoms with Gasteiger partial charge in [-0.1, -0.05) is 19.8 Å². The van der Waals surface area contributed by atoms with Crippen LogP contribution in [0.3, 0.4) is 0 Å². The summed E-state index contributed by atoms with van der Waals surface area (Å²) >= 11 is 0. The molecule has 3 atom stereocenters. The SMILES string of the molecule is C[C@H](N[C@@H]1CCCC[C@H]1C)C(=O)Nc1ccc(N2CCCCC2)cc1. The van der Waals surface area contributed by atoms with Crippen molar-refractivity contribution < 1.29 is 4.79 Å². The third-order valence-corrected chi connectivity index (χ3v) is 5.82. The fourth-order valence-corrected chi connectivity index (χ4v) is 4.12. The summed E-state index contributed by atoms with van der Waals surface area (Å²) in [6, 6.07) is 8.61. The lowest BCUT2D eigenvalue weighted by molar-refractivity contribution is -0.118. The Balaban J connectivity index is 1.51. The van der Waals surface area contributed by atoms with Gasteiger partial charge in [0.25, 0.3) is 0 Å². The van der Waals surface area contributed by atoms with Gasteiger partial charge in [-0.2, -0.15) is 0 Å². The molecule has 1 saturated heterocycles. The molecule has 1 aromatic rings. The monoisotopic (exact) mass is 343 g/mol. The maximum absolute atomic E-state index is 12.5. The normalized spacial score (nSPS) is 25.4. The molecule has 0 unspecified atom stereocenters. The van der Waals surface area contributed by atoms with Gasteiger partial charge >= 0.3 is 0 Å². The quantitative estimate of drug-likeness (QED) is 0.843. The average Bonchev–Trinajstić information content (AvgIpc) is 2.65. The number of hydrogen-bond donors (Lipinski definition) is 2. The minimum absolute atomic E-state index is 0.0588. The third-order valence-electron chi connectivity index (χ3n) is 5.82. The maximum atomic E-state index is 12.5. The Bertz CT molecular complexity index is 551. The maximum Gasteiger partial charge on any atom is 0.241 e. The molecule has 4 nitrogen and oxygen atoms in total. The van der Waals surface area contributed by atoms with Crippen molar-refractivity contribution in [2.75, 3.05) is 23.3 Å². The number of anilines is 2. The molecule has 0 spiro atoms. The van der Waals surface area contributed by atoms with Gasteiger partial charge in [-0.3, -0.25) is 4.79 Å². The number of benzene rings is 1. The van der Waals surface area contributed by atoms with Crippen molar-refractivity contribution in [1.82, 2.24) is 5.32 Å². The molecule has 1 amide bonds. The zero-order valence-corrected chi connectivity index (χ0v) is 15.8. The van der Waals surface area contributed by atoms with Gasteiger partial charge in [0, 0.05) is 30.5 Å². The lowest BCUT2D eigenvalue weighted by Gasteiger charge is -2.31. The zero-order valence-electron chi connectivity index (χ0n) is 15.8. The summed E-state index contributed by atoms with van der Waals surface area (Å²) < 4.78 is 0. The van der Waals surface area contributed by atoms with Gasteiger partial charge in [-0.05, 0) is 69.2 Å². The van der Waals surface area contributed by atoms with Gasteiger partial charge in [0.1, 0.15) is 0 Å². The second-order valence-corrected chi connectivity index (χ2v) is 7.84. The van der Waals surface area contributed by atoms with Gasteiger partial charge in [0.05, 0.1) is 6.04 Å². The van der Waals surface area contributed by atoms with Crippen molar-refractivity contribution in [1.29, 1.82) is 0 Å². The van der Waals surface area contributed by atoms with Gasteiger partial charge in [0.15, 0.2) is 0 Å².